The third-order valence-corrected chi connectivity index (χ3v) is 4.47. The second kappa shape index (κ2) is 9.59. The zero-order chi connectivity index (χ0) is 16.8. The molecule has 1 atom stereocenters. The van der Waals surface area contributed by atoms with Crippen molar-refractivity contribution in [2.45, 2.75) is 44.8 Å². The van der Waals surface area contributed by atoms with Crippen molar-refractivity contribution in [2.24, 2.45) is 0 Å². The maximum atomic E-state index is 12.9. The van der Waals surface area contributed by atoms with Crippen LogP contribution in [0, 0.1) is 0 Å². The van der Waals surface area contributed by atoms with Crippen molar-refractivity contribution in [3.8, 4) is 0 Å². The highest BCUT2D eigenvalue weighted by molar-refractivity contribution is 5.85. The minimum atomic E-state index is -0.114. The number of benzene rings is 2. The highest BCUT2D eigenvalue weighted by atomic mass is 35.5. The maximum absolute atomic E-state index is 12.9. The van der Waals surface area contributed by atoms with Gasteiger partial charge in [0.2, 0.25) is 5.91 Å². The number of amides is 1. The van der Waals surface area contributed by atoms with E-state index in [2.05, 4.69) is 41.7 Å². The predicted octanol–water partition coefficient (Wildman–Crippen LogP) is 3.82. The minimum Gasteiger partial charge on any atom is -0.337 e. The summed E-state index contributed by atoms with van der Waals surface area (Å²) in [7, 11) is 0. The monoisotopic (exact) mass is 358 g/mol. The first-order valence-corrected chi connectivity index (χ1v) is 8.85. The van der Waals surface area contributed by atoms with Gasteiger partial charge in [-0.15, -0.1) is 12.4 Å². The van der Waals surface area contributed by atoms with Gasteiger partial charge in [-0.2, -0.15) is 0 Å². The first-order valence-electron chi connectivity index (χ1n) is 8.85. The van der Waals surface area contributed by atoms with Gasteiger partial charge in [0.15, 0.2) is 0 Å². The van der Waals surface area contributed by atoms with E-state index in [0.29, 0.717) is 12.6 Å². The summed E-state index contributed by atoms with van der Waals surface area (Å²) in [4.78, 5) is 14.9. The van der Waals surface area contributed by atoms with Gasteiger partial charge in [0.05, 0.1) is 6.04 Å². The third kappa shape index (κ3) is 6.18. The molecular formula is C21H27ClN2O. The SMILES string of the molecule is CC(NC1CC1)C(=O)N(CCc1ccccc1)Cc1ccccc1.Cl. The maximum Gasteiger partial charge on any atom is 0.239 e. The molecule has 3 rings (SSSR count). The summed E-state index contributed by atoms with van der Waals surface area (Å²) >= 11 is 0. The number of carbonyl (C=O) groups excluding carboxylic acids is 1. The van der Waals surface area contributed by atoms with Crippen LogP contribution in [0.4, 0.5) is 0 Å². The Morgan fingerprint density at radius 3 is 2.16 bits per heavy atom. The van der Waals surface area contributed by atoms with Crippen molar-refractivity contribution in [1.82, 2.24) is 10.2 Å². The molecule has 1 N–H and O–H groups in total. The molecule has 0 aliphatic heterocycles. The molecule has 4 heteroatoms. The number of hydrogen-bond donors (Lipinski definition) is 1. The van der Waals surface area contributed by atoms with Crippen LogP contribution in [0.3, 0.4) is 0 Å². The Bertz CT molecular complexity index is 643. The molecule has 0 saturated heterocycles. The van der Waals surface area contributed by atoms with E-state index < -0.39 is 0 Å². The fourth-order valence-corrected chi connectivity index (χ4v) is 2.93. The number of nitrogens with one attached hydrogen (secondary N) is 1. The third-order valence-electron chi connectivity index (χ3n) is 4.47. The summed E-state index contributed by atoms with van der Waals surface area (Å²) < 4.78 is 0. The van der Waals surface area contributed by atoms with Gasteiger partial charge in [0.25, 0.3) is 0 Å². The van der Waals surface area contributed by atoms with Gasteiger partial charge >= 0.3 is 0 Å². The van der Waals surface area contributed by atoms with Crippen LogP contribution in [0.2, 0.25) is 0 Å². The molecule has 1 unspecified atom stereocenters. The molecule has 1 aliphatic carbocycles. The largest absolute Gasteiger partial charge is 0.337 e. The molecule has 0 aromatic heterocycles. The normalized spacial score (nSPS) is 14.4. The molecule has 0 bridgehead atoms. The van der Waals surface area contributed by atoms with Gasteiger partial charge in [-0.25, -0.2) is 0 Å². The van der Waals surface area contributed by atoms with Crippen molar-refractivity contribution in [1.29, 1.82) is 0 Å². The number of carbonyl (C=O) groups is 1. The van der Waals surface area contributed by atoms with Gasteiger partial charge in [-0.1, -0.05) is 60.7 Å². The van der Waals surface area contributed by atoms with Gasteiger partial charge in [0, 0.05) is 19.1 Å². The van der Waals surface area contributed by atoms with Crippen LogP contribution in [-0.2, 0) is 17.8 Å². The van der Waals surface area contributed by atoms with Gasteiger partial charge in [0.1, 0.15) is 0 Å². The van der Waals surface area contributed by atoms with Crippen molar-refractivity contribution in [3.05, 3.63) is 71.8 Å². The summed E-state index contributed by atoms with van der Waals surface area (Å²) in [6.45, 7) is 3.40. The van der Waals surface area contributed by atoms with Crippen LogP contribution in [0.1, 0.15) is 30.9 Å². The van der Waals surface area contributed by atoms with E-state index >= 15 is 0 Å². The lowest BCUT2D eigenvalue weighted by Crippen LogP contribution is -2.46. The van der Waals surface area contributed by atoms with Crippen LogP contribution < -0.4 is 5.32 Å². The summed E-state index contributed by atoms with van der Waals surface area (Å²) in [6.07, 6.45) is 3.27. The van der Waals surface area contributed by atoms with E-state index in [1.807, 2.05) is 36.1 Å². The average molecular weight is 359 g/mol. The van der Waals surface area contributed by atoms with Crippen LogP contribution >= 0.6 is 12.4 Å². The molecule has 0 spiro atoms. The lowest BCUT2D eigenvalue weighted by molar-refractivity contribution is -0.133. The molecule has 0 heterocycles. The van der Waals surface area contributed by atoms with Gasteiger partial charge < -0.3 is 10.2 Å². The van der Waals surface area contributed by atoms with E-state index in [-0.39, 0.29) is 24.4 Å². The highest BCUT2D eigenvalue weighted by Crippen LogP contribution is 2.20. The van der Waals surface area contributed by atoms with E-state index in [0.717, 1.165) is 13.0 Å². The summed E-state index contributed by atoms with van der Waals surface area (Å²) in [5, 5.41) is 3.43. The fraction of sp³-hybridized carbons (Fsp3) is 0.381. The van der Waals surface area contributed by atoms with Gasteiger partial charge in [-0.3, -0.25) is 4.79 Å². The van der Waals surface area contributed by atoms with Crippen molar-refractivity contribution in [2.75, 3.05) is 6.54 Å². The Kier molecular flexibility index (Phi) is 7.48. The Morgan fingerprint density at radius 1 is 1.04 bits per heavy atom. The van der Waals surface area contributed by atoms with E-state index in [9.17, 15) is 4.79 Å². The second-order valence-electron chi connectivity index (χ2n) is 6.64. The standard InChI is InChI=1S/C21H26N2O.ClH/c1-17(22-20-12-13-20)21(24)23(16-19-10-6-3-7-11-19)15-14-18-8-4-2-5-9-18;/h2-11,17,20,22H,12-16H2,1H3;1H. The van der Waals surface area contributed by atoms with Crippen molar-refractivity contribution < 1.29 is 4.79 Å². The number of halogens is 1. The lowest BCUT2D eigenvalue weighted by Gasteiger charge is -2.26. The highest BCUT2D eigenvalue weighted by Gasteiger charge is 2.28. The van der Waals surface area contributed by atoms with Crippen molar-refractivity contribution in [3.63, 3.8) is 0 Å². The van der Waals surface area contributed by atoms with E-state index in [1.54, 1.807) is 0 Å². The Morgan fingerprint density at radius 2 is 1.60 bits per heavy atom. The Labute approximate surface area is 156 Å². The summed E-state index contributed by atoms with van der Waals surface area (Å²) in [5.74, 6) is 0.196. The van der Waals surface area contributed by atoms with Crippen LogP contribution in [-0.4, -0.2) is 29.4 Å². The number of rotatable bonds is 8. The average Bonchev–Trinajstić information content (AvgIpc) is 3.43. The Hall–Kier alpha value is -1.84. The molecule has 1 fully saturated rings. The first kappa shape index (κ1) is 19.5. The molecule has 1 aliphatic rings. The molecule has 2 aromatic carbocycles. The molecule has 3 nitrogen and oxygen atoms in total. The molecular weight excluding hydrogens is 332 g/mol. The van der Waals surface area contributed by atoms with Crippen LogP contribution in [0.25, 0.3) is 0 Å². The molecule has 2 aromatic rings. The smallest absolute Gasteiger partial charge is 0.239 e. The topological polar surface area (TPSA) is 32.3 Å². The zero-order valence-corrected chi connectivity index (χ0v) is 15.5. The predicted molar refractivity (Wildman–Crippen MR) is 105 cm³/mol. The first-order chi connectivity index (χ1) is 11.7. The number of hydrogen-bond acceptors (Lipinski definition) is 2. The van der Waals surface area contributed by atoms with Crippen LogP contribution in [0.15, 0.2) is 60.7 Å². The minimum absolute atomic E-state index is 0. The summed E-state index contributed by atoms with van der Waals surface area (Å²) in [5.41, 5.74) is 2.45. The molecule has 1 saturated carbocycles. The van der Waals surface area contributed by atoms with Crippen LogP contribution in [0.5, 0.6) is 0 Å². The summed E-state index contributed by atoms with van der Waals surface area (Å²) in [6, 6.07) is 21.0. The second-order valence-corrected chi connectivity index (χ2v) is 6.64. The van der Waals surface area contributed by atoms with E-state index in [1.165, 1.54) is 24.0 Å². The molecule has 134 valence electrons. The molecule has 1 amide bonds. The van der Waals surface area contributed by atoms with Crippen molar-refractivity contribution >= 4 is 18.3 Å². The fourth-order valence-electron chi connectivity index (χ4n) is 2.93. The molecule has 25 heavy (non-hydrogen) atoms. The number of nitrogens with zero attached hydrogens (tertiary/aromatic N) is 1. The van der Waals surface area contributed by atoms with E-state index in [4.69, 9.17) is 0 Å². The zero-order valence-electron chi connectivity index (χ0n) is 14.7. The lowest BCUT2D eigenvalue weighted by atomic mass is 10.1. The molecule has 0 radical (unpaired) electrons. The Balaban J connectivity index is 0.00000225. The van der Waals surface area contributed by atoms with Gasteiger partial charge in [-0.05, 0) is 37.3 Å². The quantitative estimate of drug-likeness (QED) is 0.778.